The number of carbonyl (C=O) groups is 1. The lowest BCUT2D eigenvalue weighted by molar-refractivity contribution is -0.0895. The van der Waals surface area contributed by atoms with Crippen molar-refractivity contribution in [3.63, 3.8) is 0 Å². The molecule has 2 unspecified atom stereocenters. The van der Waals surface area contributed by atoms with E-state index in [0.717, 1.165) is 16.7 Å². The number of hydrogen-bond acceptors (Lipinski definition) is 13. The van der Waals surface area contributed by atoms with Crippen LogP contribution in [0.3, 0.4) is 0 Å². The van der Waals surface area contributed by atoms with Gasteiger partial charge in [-0.15, -0.1) is 0 Å². The monoisotopic (exact) mass is 987 g/mol. The third-order valence-electron chi connectivity index (χ3n) is 13.4. The van der Waals surface area contributed by atoms with E-state index in [1.165, 1.54) is 6.33 Å². The van der Waals surface area contributed by atoms with Crippen molar-refractivity contribution in [1.29, 1.82) is 5.26 Å². The molecule has 15 nitrogen and oxygen atoms in total. The number of ether oxygens (including phenoxy) is 4. The summed E-state index contributed by atoms with van der Waals surface area (Å²) in [5, 5.41) is 14.0. The Labute approximate surface area is 414 Å². The van der Waals surface area contributed by atoms with Crippen LogP contribution in [0.1, 0.15) is 81.7 Å². The van der Waals surface area contributed by atoms with E-state index in [0.29, 0.717) is 28.2 Å². The molecular weight excluding hydrogens is 922 g/mol. The molecule has 1 amide bonds. The highest BCUT2D eigenvalue weighted by Crippen LogP contribution is 2.50. The quantitative estimate of drug-likeness (QED) is 0.0420. The van der Waals surface area contributed by atoms with Crippen LogP contribution in [-0.2, 0) is 24.0 Å². The first-order valence-electron chi connectivity index (χ1n) is 23.6. The summed E-state index contributed by atoms with van der Waals surface area (Å²) in [6.07, 6.45) is 0.469. The summed E-state index contributed by atoms with van der Waals surface area (Å²) in [5.41, 5.74) is 2.45. The van der Waals surface area contributed by atoms with Gasteiger partial charge in [-0.2, -0.15) is 5.26 Å². The lowest BCUT2D eigenvalue weighted by atomic mass is 9.79. The lowest BCUT2D eigenvalue weighted by Gasteiger charge is -2.42. The van der Waals surface area contributed by atoms with Crippen LogP contribution < -0.4 is 14.8 Å². The third-order valence-corrected chi connectivity index (χ3v) is 19.6. The van der Waals surface area contributed by atoms with Crippen molar-refractivity contribution >= 4 is 39.7 Å². The van der Waals surface area contributed by atoms with Gasteiger partial charge in [0, 0.05) is 23.6 Å². The molecule has 0 bridgehead atoms. The van der Waals surface area contributed by atoms with E-state index >= 15 is 0 Å². The number of rotatable bonds is 20. The molecule has 6 aromatic rings. The number of amides is 1. The van der Waals surface area contributed by atoms with Gasteiger partial charge in [0.05, 0.1) is 58.0 Å². The number of hydrogen-bond donors (Lipinski definition) is 2. The fraction of sp³-hybridized carbons (Fsp3) is 0.415. The van der Waals surface area contributed by atoms with Gasteiger partial charge in [-0.1, -0.05) is 93.6 Å². The maximum absolute atomic E-state index is 13.4. The first-order chi connectivity index (χ1) is 33.4. The maximum atomic E-state index is 13.4. The number of benzene rings is 4. The molecule has 0 radical (unpaired) electrons. The number of nitriles is 1. The Morgan fingerprint density at radius 2 is 1.41 bits per heavy atom. The summed E-state index contributed by atoms with van der Waals surface area (Å²) in [5.74, 6) is -0.336. The van der Waals surface area contributed by atoms with Crippen molar-refractivity contribution in [1.82, 2.24) is 24.2 Å². The predicted molar refractivity (Wildman–Crippen MR) is 274 cm³/mol. The molecule has 70 heavy (non-hydrogen) atoms. The van der Waals surface area contributed by atoms with Crippen LogP contribution in [0.4, 0.5) is 5.82 Å². The van der Waals surface area contributed by atoms with Crippen LogP contribution >= 0.6 is 8.53 Å². The molecule has 2 aromatic heterocycles. The minimum Gasteiger partial charge on any atom is -0.497 e. The molecule has 1 aliphatic rings. The van der Waals surface area contributed by atoms with Crippen LogP contribution in [0.15, 0.2) is 122 Å². The molecule has 1 aliphatic heterocycles. The zero-order valence-electron chi connectivity index (χ0n) is 41.9. The fourth-order valence-electron chi connectivity index (χ4n) is 8.88. The van der Waals surface area contributed by atoms with Crippen molar-refractivity contribution in [3.05, 3.63) is 144 Å². The molecule has 0 aliphatic carbocycles. The van der Waals surface area contributed by atoms with Crippen LogP contribution in [0.2, 0.25) is 18.1 Å². The zero-order chi connectivity index (χ0) is 50.4. The molecule has 7 rings (SSSR count). The molecule has 3 heterocycles. The Balaban J connectivity index is 1.39. The summed E-state index contributed by atoms with van der Waals surface area (Å²) in [7, 11) is -1.51. The van der Waals surface area contributed by atoms with Gasteiger partial charge in [0.15, 0.2) is 31.5 Å². The number of imidazole rings is 1. The Hall–Kier alpha value is -5.60. The van der Waals surface area contributed by atoms with E-state index in [1.54, 1.807) is 49.4 Å². The summed E-state index contributed by atoms with van der Waals surface area (Å²) in [6, 6.07) is 37.0. The average molecular weight is 988 g/mol. The summed E-state index contributed by atoms with van der Waals surface area (Å²) >= 11 is 0. The molecule has 1 fully saturated rings. The Morgan fingerprint density at radius 3 is 1.94 bits per heavy atom. The SMILES string of the molecule is COc1ccc(C(OC[C@@H]2O[C@@H](n3cnc4c(NC(=O)c5ccccc5)ncnc43)[C@H](O[Si](C)(C)C(C)(C)C)[C@@H]2C(C#N)COP(O)N(C(C)C)C(C)C)(c2ccccc2)c2ccc(OC)cc2)cc1. The summed E-state index contributed by atoms with van der Waals surface area (Å²) in [6.45, 7) is 18.7. The molecule has 2 N–H and O–H groups in total. The predicted octanol–water partition coefficient (Wildman–Crippen LogP) is 10.5. The van der Waals surface area contributed by atoms with E-state index in [2.05, 4.69) is 50.2 Å². The van der Waals surface area contributed by atoms with Crippen LogP contribution in [-0.4, -0.2) is 95.0 Å². The fourth-order valence-corrected chi connectivity index (χ4v) is 11.4. The molecular formula is C53H66N7O8PSi. The largest absolute Gasteiger partial charge is 0.497 e. The second-order valence-electron chi connectivity index (χ2n) is 19.5. The summed E-state index contributed by atoms with van der Waals surface area (Å²) < 4.78 is 43.6. The second-order valence-corrected chi connectivity index (χ2v) is 25.5. The lowest BCUT2D eigenvalue weighted by Crippen LogP contribution is -2.49. The van der Waals surface area contributed by atoms with Gasteiger partial charge in [-0.05, 0) is 98.9 Å². The van der Waals surface area contributed by atoms with Gasteiger partial charge in [0.1, 0.15) is 23.4 Å². The molecule has 0 saturated carbocycles. The van der Waals surface area contributed by atoms with Gasteiger partial charge >= 0.3 is 0 Å². The first kappa shape index (κ1) is 52.2. The Kier molecular flexibility index (Phi) is 16.6. The normalized spacial score (nSPS) is 18.5. The highest BCUT2D eigenvalue weighted by Gasteiger charge is 2.55. The Bertz CT molecular complexity index is 2640. The molecule has 370 valence electrons. The van der Waals surface area contributed by atoms with Crippen LogP contribution in [0, 0.1) is 23.2 Å². The van der Waals surface area contributed by atoms with Crippen molar-refractivity contribution < 1.29 is 37.6 Å². The molecule has 17 heteroatoms. The third kappa shape index (κ3) is 11.0. The van der Waals surface area contributed by atoms with Gasteiger partial charge in [0.25, 0.3) is 14.4 Å². The minimum atomic E-state index is -2.69. The van der Waals surface area contributed by atoms with Gasteiger partial charge in [-0.25, -0.2) is 19.6 Å². The van der Waals surface area contributed by atoms with Crippen LogP contribution in [0.5, 0.6) is 11.5 Å². The molecule has 0 spiro atoms. The van der Waals surface area contributed by atoms with Crippen molar-refractivity contribution in [2.45, 2.75) is 103 Å². The number of carbonyl (C=O) groups excluding carboxylic acids is 1. The van der Waals surface area contributed by atoms with E-state index in [4.69, 9.17) is 37.9 Å². The first-order valence-corrected chi connectivity index (χ1v) is 27.7. The van der Waals surface area contributed by atoms with Gasteiger partial charge in [0.2, 0.25) is 0 Å². The second kappa shape index (κ2) is 22.2. The minimum absolute atomic E-state index is 0.0208. The standard InChI is InChI=1S/C53H66N7O8PSi/c1-35(2)60(36(3)4)69(62)66-31-38(30-54)45-44(32-65-53(39-20-16-13-17-21-39,40-22-26-42(63-8)27-23-40)41-24-28-43(64-9)29-25-41)67-51(47(45)68-70(10,11)52(5,6)7)59-34-57-46-48(55-33-56-49(46)59)58-50(61)37-18-14-12-15-19-37/h12-29,33-36,38,44-45,47,51,62H,31-32H2,1-11H3,(H,55,56,58,61)/t38?,44-,45+,47+,51+,69?/m0/s1. The molecule has 6 atom stereocenters. The zero-order valence-corrected chi connectivity index (χ0v) is 43.8. The van der Waals surface area contributed by atoms with Gasteiger partial charge < -0.3 is 38.1 Å². The number of fused-ring (bicyclic) bond motifs is 1. The van der Waals surface area contributed by atoms with E-state index in [-0.39, 0.29) is 42.1 Å². The van der Waals surface area contributed by atoms with E-state index in [9.17, 15) is 14.9 Å². The molecule has 4 aromatic carbocycles. The van der Waals surface area contributed by atoms with E-state index in [1.807, 2.05) is 117 Å². The summed E-state index contributed by atoms with van der Waals surface area (Å²) in [4.78, 5) is 39.0. The number of anilines is 1. The van der Waals surface area contributed by atoms with E-state index < -0.39 is 52.7 Å². The maximum Gasteiger partial charge on any atom is 0.256 e. The van der Waals surface area contributed by atoms with Crippen molar-refractivity contribution in [2.75, 3.05) is 32.8 Å². The molecule has 1 saturated heterocycles. The highest BCUT2D eigenvalue weighted by molar-refractivity contribution is 7.43. The Morgan fingerprint density at radius 1 is 0.857 bits per heavy atom. The van der Waals surface area contributed by atoms with Crippen LogP contribution in [0.25, 0.3) is 11.2 Å². The smallest absolute Gasteiger partial charge is 0.256 e. The number of nitrogens with one attached hydrogen (secondary N) is 1. The topological polar surface area (TPSA) is 175 Å². The van der Waals surface area contributed by atoms with Crippen molar-refractivity contribution in [3.8, 4) is 17.6 Å². The average Bonchev–Trinajstić information content (AvgIpc) is 3.93. The highest BCUT2D eigenvalue weighted by atomic mass is 31.2. The number of methoxy groups -OCH3 is 2. The number of aromatic nitrogens is 4. The number of nitrogens with zero attached hydrogens (tertiary/aromatic N) is 6. The van der Waals surface area contributed by atoms with Gasteiger partial charge in [-0.3, -0.25) is 9.36 Å². The van der Waals surface area contributed by atoms with Crippen molar-refractivity contribution in [2.24, 2.45) is 11.8 Å².